The van der Waals surface area contributed by atoms with Crippen LogP contribution in [0.4, 0.5) is 0 Å². The van der Waals surface area contributed by atoms with Crippen molar-refractivity contribution in [3.63, 3.8) is 0 Å². The normalized spacial score (nSPS) is 18.7. The van der Waals surface area contributed by atoms with Gasteiger partial charge in [0.25, 0.3) is 0 Å². The molecule has 0 atom stereocenters. The molecular weight excluding hydrogens is 356 g/mol. The standard InChI is InChI=1S/2C5H11N.C4H10.2BrH/c2*1-6-4-2-3-5-6;1-3-4-2;;/h2*2-5H2,1H3;3-4H2,1-2H3;2*1H. The summed E-state index contributed by atoms with van der Waals surface area (Å²) < 4.78 is 0. The van der Waals surface area contributed by atoms with E-state index in [1.807, 2.05) is 0 Å². The number of unbranched alkanes of at least 4 members (excludes halogenated alkanes) is 1. The molecule has 114 valence electrons. The lowest BCUT2D eigenvalue weighted by molar-refractivity contribution is 0.418. The average Bonchev–Trinajstić information content (AvgIpc) is 2.93. The van der Waals surface area contributed by atoms with Crippen molar-refractivity contribution in [3.8, 4) is 0 Å². The van der Waals surface area contributed by atoms with Gasteiger partial charge >= 0.3 is 0 Å². The van der Waals surface area contributed by atoms with Crippen LogP contribution >= 0.6 is 34.0 Å². The molecule has 2 heterocycles. The van der Waals surface area contributed by atoms with Crippen molar-refractivity contribution in [3.05, 3.63) is 0 Å². The first-order valence-electron chi connectivity index (χ1n) is 7.07. The number of hydrogen-bond acceptors (Lipinski definition) is 2. The lowest BCUT2D eigenvalue weighted by Gasteiger charge is -2.01. The van der Waals surface area contributed by atoms with Crippen LogP contribution in [0.1, 0.15) is 52.4 Å². The quantitative estimate of drug-likeness (QED) is 0.656. The summed E-state index contributed by atoms with van der Waals surface area (Å²) in [5.74, 6) is 0. The molecule has 2 rings (SSSR count). The Morgan fingerprint density at radius 2 is 0.833 bits per heavy atom. The van der Waals surface area contributed by atoms with Gasteiger partial charge in [0.05, 0.1) is 0 Å². The molecule has 0 amide bonds. The molecule has 2 saturated heterocycles. The summed E-state index contributed by atoms with van der Waals surface area (Å²) in [4.78, 5) is 4.72. The highest BCUT2D eigenvalue weighted by molar-refractivity contribution is 8.93. The largest absolute Gasteiger partial charge is 0.306 e. The fraction of sp³-hybridized carbons (Fsp3) is 1.00. The number of halogens is 2. The van der Waals surface area contributed by atoms with Gasteiger partial charge in [0.2, 0.25) is 0 Å². The molecule has 0 unspecified atom stereocenters. The van der Waals surface area contributed by atoms with Gasteiger partial charge < -0.3 is 9.80 Å². The molecule has 2 fully saturated rings. The average molecular weight is 390 g/mol. The minimum atomic E-state index is 0. The maximum Gasteiger partial charge on any atom is -0.00213 e. The van der Waals surface area contributed by atoms with Crippen molar-refractivity contribution >= 4 is 34.0 Å². The van der Waals surface area contributed by atoms with E-state index in [0.29, 0.717) is 0 Å². The molecule has 4 heteroatoms. The smallest absolute Gasteiger partial charge is 0.00213 e. The Morgan fingerprint density at radius 1 is 0.611 bits per heavy atom. The third kappa shape index (κ3) is 16.9. The summed E-state index contributed by atoms with van der Waals surface area (Å²) in [6, 6.07) is 0. The molecule has 2 aliphatic heterocycles. The second-order valence-corrected chi connectivity index (χ2v) is 5.02. The maximum absolute atomic E-state index is 2.36. The molecule has 2 aliphatic rings. The summed E-state index contributed by atoms with van der Waals surface area (Å²) in [7, 11) is 4.35. The molecule has 0 N–H and O–H groups in total. The molecule has 18 heavy (non-hydrogen) atoms. The minimum absolute atomic E-state index is 0. The van der Waals surface area contributed by atoms with Crippen LogP contribution in [0.3, 0.4) is 0 Å². The van der Waals surface area contributed by atoms with Crippen LogP contribution in [0.15, 0.2) is 0 Å². The molecule has 0 bridgehead atoms. The maximum atomic E-state index is 2.36. The monoisotopic (exact) mass is 388 g/mol. The van der Waals surface area contributed by atoms with Crippen molar-refractivity contribution in [2.45, 2.75) is 52.4 Å². The van der Waals surface area contributed by atoms with Crippen molar-refractivity contribution in [2.24, 2.45) is 0 Å². The molecule has 0 saturated carbocycles. The molecule has 0 aliphatic carbocycles. The fourth-order valence-corrected chi connectivity index (χ4v) is 1.75. The third-order valence-corrected chi connectivity index (χ3v) is 3.16. The third-order valence-electron chi connectivity index (χ3n) is 3.16. The van der Waals surface area contributed by atoms with Crippen molar-refractivity contribution < 1.29 is 0 Å². The van der Waals surface area contributed by atoms with Crippen molar-refractivity contribution in [2.75, 3.05) is 40.3 Å². The first-order valence-corrected chi connectivity index (χ1v) is 7.07. The highest BCUT2D eigenvalue weighted by Gasteiger charge is 2.03. The summed E-state index contributed by atoms with van der Waals surface area (Å²) in [5.41, 5.74) is 0. The topological polar surface area (TPSA) is 6.48 Å². The fourth-order valence-electron chi connectivity index (χ4n) is 1.75. The minimum Gasteiger partial charge on any atom is -0.306 e. The molecular formula is C14H34Br2N2. The first-order chi connectivity index (χ1) is 7.70. The van der Waals surface area contributed by atoms with Gasteiger partial charge in [0, 0.05) is 0 Å². The second kappa shape index (κ2) is 17.9. The first kappa shape index (κ1) is 23.9. The van der Waals surface area contributed by atoms with Gasteiger partial charge in [-0.1, -0.05) is 26.7 Å². The summed E-state index contributed by atoms with van der Waals surface area (Å²) in [6.45, 7) is 9.64. The van der Waals surface area contributed by atoms with Gasteiger partial charge in [-0.3, -0.25) is 0 Å². The molecule has 0 spiro atoms. The van der Waals surface area contributed by atoms with E-state index in [1.54, 1.807) is 0 Å². The highest BCUT2D eigenvalue weighted by Crippen LogP contribution is 2.02. The van der Waals surface area contributed by atoms with Gasteiger partial charge in [-0.2, -0.15) is 0 Å². The Balaban J connectivity index is -0.000000182. The Kier molecular flexibility index (Phi) is 23.8. The molecule has 0 radical (unpaired) electrons. The van der Waals surface area contributed by atoms with Crippen LogP contribution in [-0.4, -0.2) is 50.1 Å². The molecule has 0 aromatic rings. The Bertz CT molecular complexity index is 118. The van der Waals surface area contributed by atoms with Gasteiger partial charge in [0.1, 0.15) is 0 Å². The van der Waals surface area contributed by atoms with Crippen molar-refractivity contribution in [1.82, 2.24) is 9.80 Å². The zero-order valence-electron chi connectivity index (χ0n) is 12.8. The van der Waals surface area contributed by atoms with Crippen LogP contribution < -0.4 is 0 Å². The van der Waals surface area contributed by atoms with Gasteiger partial charge in [-0.25, -0.2) is 0 Å². The second-order valence-electron chi connectivity index (χ2n) is 5.02. The lowest BCUT2D eigenvalue weighted by Crippen LogP contribution is -2.10. The van der Waals surface area contributed by atoms with E-state index in [1.165, 1.54) is 64.7 Å². The molecule has 0 aromatic heterocycles. The highest BCUT2D eigenvalue weighted by atomic mass is 79.9. The van der Waals surface area contributed by atoms with E-state index in [0.717, 1.165) is 0 Å². The zero-order chi connectivity index (χ0) is 12.2. The van der Waals surface area contributed by atoms with Crippen LogP contribution in [0.25, 0.3) is 0 Å². The van der Waals surface area contributed by atoms with E-state index in [4.69, 9.17) is 0 Å². The van der Waals surface area contributed by atoms with E-state index in [-0.39, 0.29) is 34.0 Å². The van der Waals surface area contributed by atoms with Crippen LogP contribution in [0.5, 0.6) is 0 Å². The SMILES string of the molecule is Br.Br.CCCC.CN1CCCC1.CN1CCCC1. The molecule has 2 nitrogen and oxygen atoms in total. The number of hydrogen-bond donors (Lipinski definition) is 0. The van der Waals surface area contributed by atoms with Crippen LogP contribution in [-0.2, 0) is 0 Å². The molecule has 0 aromatic carbocycles. The number of likely N-dealkylation sites (tertiary alicyclic amines) is 2. The number of nitrogens with zero attached hydrogens (tertiary/aromatic N) is 2. The summed E-state index contributed by atoms with van der Waals surface area (Å²) >= 11 is 0. The van der Waals surface area contributed by atoms with E-state index < -0.39 is 0 Å². The van der Waals surface area contributed by atoms with Gasteiger partial charge in [-0.15, -0.1) is 34.0 Å². The lowest BCUT2D eigenvalue weighted by atomic mass is 10.4. The van der Waals surface area contributed by atoms with Gasteiger partial charge in [-0.05, 0) is 66.0 Å². The summed E-state index contributed by atoms with van der Waals surface area (Å²) in [6.07, 6.45) is 8.29. The Labute approximate surface area is 136 Å². The Hall–Kier alpha value is 0.880. The number of rotatable bonds is 1. The van der Waals surface area contributed by atoms with Crippen LogP contribution in [0.2, 0.25) is 0 Å². The van der Waals surface area contributed by atoms with E-state index in [2.05, 4.69) is 37.7 Å². The van der Waals surface area contributed by atoms with Crippen molar-refractivity contribution in [1.29, 1.82) is 0 Å². The predicted molar refractivity (Wildman–Crippen MR) is 94.7 cm³/mol. The van der Waals surface area contributed by atoms with Gasteiger partial charge in [0.15, 0.2) is 0 Å². The predicted octanol–water partition coefficient (Wildman–Crippen LogP) is 4.39. The Morgan fingerprint density at radius 3 is 0.889 bits per heavy atom. The zero-order valence-corrected chi connectivity index (χ0v) is 16.2. The van der Waals surface area contributed by atoms with Crippen LogP contribution in [0, 0.1) is 0 Å². The van der Waals surface area contributed by atoms with E-state index in [9.17, 15) is 0 Å². The van der Waals surface area contributed by atoms with E-state index >= 15 is 0 Å². The summed E-state index contributed by atoms with van der Waals surface area (Å²) in [5, 5.41) is 0.